The fourth-order valence-electron chi connectivity index (χ4n) is 4.08. The van der Waals surface area contributed by atoms with Crippen LogP contribution in [0.1, 0.15) is 36.2 Å². The first kappa shape index (κ1) is 20.6. The van der Waals surface area contributed by atoms with Gasteiger partial charge >= 0.3 is 0 Å². The molecule has 1 aliphatic rings. The first-order valence-corrected chi connectivity index (χ1v) is 11.5. The standard InChI is InChI=1S/C23H24N4O4S/c1-4-21-25-26(23(29)17-11-20-16(27(17)21)9-13(2)32-20)12-22(28)24-14(3)15-5-6-18-19(10-15)31-8-7-30-18/h5-6,9-11,14H,4,7-8,12H2,1-3H3,(H,24,28)/t14-/m0/s1. The number of nitrogens with one attached hydrogen (secondary N) is 1. The Morgan fingerprint density at radius 3 is 2.75 bits per heavy atom. The normalized spacial score (nSPS) is 14.1. The van der Waals surface area contributed by atoms with Crippen molar-refractivity contribution in [2.45, 2.75) is 39.8 Å². The van der Waals surface area contributed by atoms with Crippen LogP contribution in [0.15, 0.2) is 35.1 Å². The van der Waals surface area contributed by atoms with Crippen LogP contribution in [0.5, 0.6) is 11.5 Å². The third-order valence-electron chi connectivity index (χ3n) is 5.61. The summed E-state index contributed by atoms with van der Waals surface area (Å²) in [5, 5.41) is 7.46. The van der Waals surface area contributed by atoms with Gasteiger partial charge in [0.2, 0.25) is 5.91 Å². The van der Waals surface area contributed by atoms with E-state index in [1.165, 1.54) is 9.56 Å². The molecule has 32 heavy (non-hydrogen) atoms. The number of hydrogen-bond acceptors (Lipinski definition) is 6. The molecule has 0 saturated heterocycles. The van der Waals surface area contributed by atoms with Crippen LogP contribution in [0.3, 0.4) is 0 Å². The average molecular weight is 453 g/mol. The minimum Gasteiger partial charge on any atom is -0.486 e. The van der Waals surface area contributed by atoms with Crippen molar-refractivity contribution in [2.75, 3.05) is 13.2 Å². The molecule has 3 aromatic heterocycles. The Balaban J connectivity index is 1.39. The van der Waals surface area contributed by atoms with Crippen molar-refractivity contribution in [3.63, 3.8) is 0 Å². The van der Waals surface area contributed by atoms with Gasteiger partial charge in [0.1, 0.15) is 31.1 Å². The number of carbonyl (C=O) groups is 1. The largest absolute Gasteiger partial charge is 0.486 e. The summed E-state index contributed by atoms with van der Waals surface area (Å²) in [4.78, 5) is 27.0. The summed E-state index contributed by atoms with van der Waals surface area (Å²) in [5.41, 5.74) is 2.17. The Kier molecular flexibility index (Phi) is 5.13. The zero-order valence-corrected chi connectivity index (χ0v) is 19.0. The summed E-state index contributed by atoms with van der Waals surface area (Å²) in [7, 11) is 0. The zero-order chi connectivity index (χ0) is 22.4. The van der Waals surface area contributed by atoms with E-state index >= 15 is 0 Å². The fourth-order valence-corrected chi connectivity index (χ4v) is 5.03. The van der Waals surface area contributed by atoms with Gasteiger partial charge in [-0.2, -0.15) is 5.10 Å². The quantitative estimate of drug-likeness (QED) is 0.502. The lowest BCUT2D eigenvalue weighted by atomic mass is 10.1. The molecular formula is C23H24N4O4S. The van der Waals surface area contributed by atoms with Gasteiger partial charge in [-0.15, -0.1) is 11.3 Å². The number of fused-ring (bicyclic) bond motifs is 4. The van der Waals surface area contributed by atoms with Crippen molar-refractivity contribution < 1.29 is 14.3 Å². The minimum absolute atomic E-state index is 0.144. The smallest absolute Gasteiger partial charge is 0.291 e. The molecule has 0 aliphatic carbocycles. The molecule has 8 nitrogen and oxygen atoms in total. The molecule has 4 heterocycles. The number of benzene rings is 1. The SMILES string of the molecule is CCc1nn(CC(=O)N[C@@H](C)c2ccc3c(c2)OCCO3)c(=O)c2cc3sc(C)cc3n12. The summed E-state index contributed by atoms with van der Waals surface area (Å²) >= 11 is 1.65. The van der Waals surface area contributed by atoms with Crippen LogP contribution in [-0.4, -0.2) is 33.3 Å². The number of rotatable bonds is 5. The molecule has 1 amide bonds. The molecule has 1 atom stereocenters. The minimum atomic E-state index is -0.280. The lowest BCUT2D eigenvalue weighted by Gasteiger charge is -2.21. The maximum atomic E-state index is 13.1. The summed E-state index contributed by atoms with van der Waals surface area (Å²) < 4.78 is 15.4. The number of hydrogen-bond donors (Lipinski definition) is 1. The topological polar surface area (TPSA) is 86.9 Å². The molecule has 166 valence electrons. The van der Waals surface area contributed by atoms with Crippen LogP contribution < -0.4 is 20.3 Å². The van der Waals surface area contributed by atoms with Gasteiger partial charge < -0.3 is 14.8 Å². The molecule has 0 saturated carbocycles. The third kappa shape index (κ3) is 3.52. The van der Waals surface area contributed by atoms with Crippen LogP contribution in [0, 0.1) is 6.92 Å². The second-order valence-electron chi connectivity index (χ2n) is 7.90. The highest BCUT2D eigenvalue weighted by Gasteiger charge is 2.19. The number of amides is 1. The second kappa shape index (κ2) is 7.98. The summed E-state index contributed by atoms with van der Waals surface area (Å²) in [6, 6.07) is 9.33. The van der Waals surface area contributed by atoms with E-state index in [0.717, 1.165) is 21.6 Å². The van der Waals surface area contributed by atoms with E-state index < -0.39 is 0 Å². The van der Waals surface area contributed by atoms with Gasteiger partial charge in [0.05, 0.1) is 16.3 Å². The second-order valence-corrected chi connectivity index (χ2v) is 9.18. The van der Waals surface area contributed by atoms with E-state index in [-0.39, 0.29) is 24.1 Å². The van der Waals surface area contributed by atoms with Crippen LogP contribution in [0.4, 0.5) is 0 Å². The van der Waals surface area contributed by atoms with Crippen LogP contribution in [0.25, 0.3) is 15.7 Å². The van der Waals surface area contributed by atoms with Crippen LogP contribution in [-0.2, 0) is 17.8 Å². The van der Waals surface area contributed by atoms with Gasteiger partial charge in [-0.25, -0.2) is 4.68 Å². The van der Waals surface area contributed by atoms with Crippen molar-refractivity contribution in [1.82, 2.24) is 19.5 Å². The van der Waals surface area contributed by atoms with Gasteiger partial charge in [-0.05, 0) is 43.7 Å². The highest BCUT2D eigenvalue weighted by atomic mass is 32.1. The van der Waals surface area contributed by atoms with Gasteiger partial charge in [0.15, 0.2) is 11.5 Å². The van der Waals surface area contributed by atoms with E-state index in [1.807, 2.05) is 49.4 Å². The maximum Gasteiger partial charge on any atom is 0.291 e. The molecule has 1 N–H and O–H groups in total. The average Bonchev–Trinajstić information content (AvgIpc) is 3.31. The van der Waals surface area contributed by atoms with Crippen molar-refractivity contribution in [1.29, 1.82) is 0 Å². The molecule has 9 heteroatoms. The number of carbonyl (C=O) groups excluding carboxylic acids is 1. The molecule has 0 unspecified atom stereocenters. The Hall–Kier alpha value is -3.33. The molecule has 1 aliphatic heterocycles. The van der Waals surface area contributed by atoms with E-state index in [2.05, 4.69) is 16.5 Å². The summed E-state index contributed by atoms with van der Waals surface area (Å²) in [6.45, 7) is 6.82. The lowest BCUT2D eigenvalue weighted by Crippen LogP contribution is -2.36. The van der Waals surface area contributed by atoms with Gasteiger partial charge in [0.25, 0.3) is 5.56 Å². The molecule has 0 spiro atoms. The Labute approximate surface area is 188 Å². The molecular weight excluding hydrogens is 428 g/mol. The van der Waals surface area contributed by atoms with Crippen LogP contribution >= 0.6 is 11.3 Å². The highest BCUT2D eigenvalue weighted by molar-refractivity contribution is 7.19. The predicted octanol–water partition coefficient (Wildman–Crippen LogP) is 3.23. The Morgan fingerprint density at radius 1 is 1.19 bits per heavy atom. The predicted molar refractivity (Wildman–Crippen MR) is 123 cm³/mol. The number of ether oxygens (including phenoxy) is 2. The zero-order valence-electron chi connectivity index (χ0n) is 18.2. The van der Waals surface area contributed by atoms with Gasteiger partial charge in [0, 0.05) is 11.3 Å². The van der Waals surface area contributed by atoms with E-state index in [1.54, 1.807) is 11.3 Å². The van der Waals surface area contributed by atoms with Gasteiger partial charge in [-0.3, -0.25) is 14.0 Å². The molecule has 4 aromatic rings. The van der Waals surface area contributed by atoms with Crippen molar-refractivity contribution in [3.05, 3.63) is 57.0 Å². The van der Waals surface area contributed by atoms with Crippen molar-refractivity contribution >= 4 is 33.0 Å². The molecule has 5 rings (SSSR count). The number of aromatic nitrogens is 3. The maximum absolute atomic E-state index is 13.1. The summed E-state index contributed by atoms with van der Waals surface area (Å²) in [5.74, 6) is 1.85. The molecule has 1 aromatic carbocycles. The number of nitrogens with zero attached hydrogens (tertiary/aromatic N) is 3. The summed E-state index contributed by atoms with van der Waals surface area (Å²) in [6.07, 6.45) is 0.644. The molecule has 0 radical (unpaired) electrons. The fraction of sp³-hybridized carbons (Fsp3) is 0.348. The van der Waals surface area contributed by atoms with Gasteiger partial charge in [-0.1, -0.05) is 13.0 Å². The van der Waals surface area contributed by atoms with E-state index in [9.17, 15) is 9.59 Å². The van der Waals surface area contributed by atoms with E-state index in [0.29, 0.717) is 36.7 Å². The number of thiophene rings is 1. The van der Waals surface area contributed by atoms with Crippen LogP contribution in [0.2, 0.25) is 0 Å². The third-order valence-corrected chi connectivity index (χ3v) is 6.60. The first-order valence-electron chi connectivity index (χ1n) is 10.6. The van der Waals surface area contributed by atoms with E-state index in [4.69, 9.17) is 9.47 Å². The number of aryl methyl sites for hydroxylation is 2. The highest BCUT2D eigenvalue weighted by Crippen LogP contribution is 2.32. The lowest BCUT2D eigenvalue weighted by molar-refractivity contribution is -0.122. The van der Waals surface area contributed by atoms with Crippen molar-refractivity contribution in [2.24, 2.45) is 0 Å². The Bertz CT molecular complexity index is 1400. The van der Waals surface area contributed by atoms with Crippen molar-refractivity contribution in [3.8, 4) is 11.5 Å². The molecule has 0 fully saturated rings. The first-order chi connectivity index (χ1) is 15.4. The Morgan fingerprint density at radius 2 is 1.97 bits per heavy atom. The monoisotopic (exact) mass is 452 g/mol. The molecule has 0 bridgehead atoms.